The van der Waals surface area contributed by atoms with Gasteiger partial charge in [0.2, 0.25) is 0 Å². The predicted octanol–water partition coefficient (Wildman–Crippen LogP) is 0.930. The van der Waals surface area contributed by atoms with Crippen LogP contribution in [0.25, 0.3) is 0 Å². The molecule has 3 atom stereocenters. The smallest absolute Gasteiger partial charge is 0.324 e. The Morgan fingerprint density at radius 3 is 2.67 bits per heavy atom. The summed E-state index contributed by atoms with van der Waals surface area (Å²) in [5.74, 6) is 0.0580. The van der Waals surface area contributed by atoms with Crippen molar-refractivity contribution in [2.45, 2.75) is 31.1 Å². The lowest BCUT2D eigenvalue weighted by molar-refractivity contribution is -0.145. The van der Waals surface area contributed by atoms with E-state index in [0.29, 0.717) is 11.7 Å². The van der Waals surface area contributed by atoms with Gasteiger partial charge in [0.15, 0.2) is 0 Å². The molecule has 0 aromatic heterocycles. The largest absolute Gasteiger partial charge is 0.480 e. The summed E-state index contributed by atoms with van der Waals surface area (Å²) in [6, 6.07) is 0. The van der Waals surface area contributed by atoms with Crippen LogP contribution in [0.2, 0.25) is 0 Å². The average molecular weight is 189 g/mol. The highest BCUT2D eigenvalue weighted by Crippen LogP contribution is 2.35. The van der Waals surface area contributed by atoms with Crippen molar-refractivity contribution in [1.82, 2.24) is 0 Å². The van der Waals surface area contributed by atoms with Crippen LogP contribution in [0.4, 0.5) is 0 Å². The topological polar surface area (TPSA) is 63.3 Å². The summed E-state index contributed by atoms with van der Waals surface area (Å²) in [4.78, 5) is 10.9. The third-order valence-corrected chi connectivity index (χ3v) is 3.96. The maximum absolute atomic E-state index is 10.9. The van der Waals surface area contributed by atoms with Crippen LogP contribution in [-0.4, -0.2) is 27.6 Å². The van der Waals surface area contributed by atoms with Gasteiger partial charge in [0.1, 0.15) is 5.54 Å². The average Bonchev–Trinajstić information content (AvgIpc) is 1.97. The number of aliphatic carboxylic acids is 1. The number of hydrogen-bond acceptors (Lipinski definition) is 3. The SMILES string of the molecule is C[C@@H]1C[C@@](N)(C(=O)O)[C@@H](C)CS1. The minimum Gasteiger partial charge on any atom is -0.480 e. The molecule has 0 aromatic carbocycles. The molecule has 0 radical (unpaired) electrons. The fourth-order valence-electron chi connectivity index (χ4n) is 1.49. The molecule has 1 saturated heterocycles. The Morgan fingerprint density at radius 1 is 1.67 bits per heavy atom. The van der Waals surface area contributed by atoms with Gasteiger partial charge in [0.05, 0.1) is 0 Å². The quantitative estimate of drug-likeness (QED) is 0.644. The van der Waals surface area contributed by atoms with Crippen LogP contribution in [0, 0.1) is 5.92 Å². The van der Waals surface area contributed by atoms with Crippen LogP contribution in [0.5, 0.6) is 0 Å². The van der Waals surface area contributed by atoms with E-state index >= 15 is 0 Å². The first-order valence-electron chi connectivity index (χ1n) is 4.10. The fourth-order valence-corrected chi connectivity index (χ4v) is 2.80. The molecule has 1 fully saturated rings. The van der Waals surface area contributed by atoms with Crippen molar-refractivity contribution >= 4 is 17.7 Å². The molecule has 0 aliphatic carbocycles. The van der Waals surface area contributed by atoms with Crippen molar-refractivity contribution in [2.75, 3.05) is 5.75 Å². The maximum atomic E-state index is 10.9. The lowest BCUT2D eigenvalue weighted by Gasteiger charge is -2.38. The molecule has 1 aliphatic rings. The van der Waals surface area contributed by atoms with E-state index in [9.17, 15) is 4.79 Å². The Balaban J connectivity index is 2.77. The lowest BCUT2D eigenvalue weighted by Crippen LogP contribution is -2.57. The van der Waals surface area contributed by atoms with Crippen molar-refractivity contribution in [3.63, 3.8) is 0 Å². The highest BCUT2D eigenvalue weighted by atomic mass is 32.2. The van der Waals surface area contributed by atoms with Gasteiger partial charge in [0.25, 0.3) is 0 Å². The number of rotatable bonds is 1. The summed E-state index contributed by atoms with van der Waals surface area (Å²) in [5, 5.41) is 9.31. The first-order chi connectivity index (χ1) is 5.47. The third kappa shape index (κ3) is 1.59. The zero-order chi connectivity index (χ0) is 9.35. The summed E-state index contributed by atoms with van der Waals surface area (Å²) in [6.45, 7) is 3.94. The number of hydrogen-bond donors (Lipinski definition) is 2. The van der Waals surface area contributed by atoms with Crippen LogP contribution < -0.4 is 5.73 Å². The molecule has 1 aliphatic heterocycles. The molecule has 0 amide bonds. The molecule has 0 bridgehead atoms. The Kier molecular flexibility index (Phi) is 2.68. The van der Waals surface area contributed by atoms with E-state index in [1.54, 1.807) is 11.8 Å². The molecule has 1 rings (SSSR count). The first kappa shape index (κ1) is 9.86. The van der Waals surface area contributed by atoms with Crippen LogP contribution in [-0.2, 0) is 4.79 Å². The van der Waals surface area contributed by atoms with Crippen LogP contribution in [0.15, 0.2) is 0 Å². The van der Waals surface area contributed by atoms with Crippen LogP contribution in [0.1, 0.15) is 20.3 Å². The Hall–Kier alpha value is -0.220. The van der Waals surface area contributed by atoms with Crippen LogP contribution >= 0.6 is 11.8 Å². The van der Waals surface area contributed by atoms with Gasteiger partial charge in [-0.1, -0.05) is 13.8 Å². The molecule has 1 heterocycles. The summed E-state index contributed by atoms with van der Waals surface area (Å²) < 4.78 is 0. The number of carboxylic acids is 1. The van der Waals surface area contributed by atoms with E-state index < -0.39 is 11.5 Å². The molecule has 0 spiro atoms. The van der Waals surface area contributed by atoms with Crippen molar-refractivity contribution in [3.8, 4) is 0 Å². The first-order valence-corrected chi connectivity index (χ1v) is 5.15. The summed E-state index contributed by atoms with van der Waals surface area (Å²) in [6.07, 6.45) is 0.578. The van der Waals surface area contributed by atoms with E-state index in [4.69, 9.17) is 10.8 Å². The molecule has 70 valence electrons. The Labute approximate surface area is 76.7 Å². The number of carboxylic acid groups (broad SMARTS) is 1. The Morgan fingerprint density at radius 2 is 2.25 bits per heavy atom. The highest BCUT2D eigenvalue weighted by Gasteiger charge is 2.43. The van der Waals surface area contributed by atoms with E-state index in [2.05, 4.69) is 0 Å². The molecular weight excluding hydrogens is 174 g/mol. The number of nitrogens with two attached hydrogens (primary N) is 1. The van der Waals surface area contributed by atoms with Crippen molar-refractivity contribution in [2.24, 2.45) is 11.7 Å². The molecule has 3 nitrogen and oxygen atoms in total. The highest BCUT2D eigenvalue weighted by molar-refractivity contribution is 7.99. The van der Waals surface area contributed by atoms with Gasteiger partial charge in [-0.25, -0.2) is 0 Å². The predicted molar refractivity (Wildman–Crippen MR) is 50.3 cm³/mol. The van der Waals surface area contributed by atoms with Gasteiger partial charge in [-0.2, -0.15) is 11.8 Å². The van der Waals surface area contributed by atoms with Crippen molar-refractivity contribution < 1.29 is 9.90 Å². The molecule has 4 heteroatoms. The van der Waals surface area contributed by atoms with Gasteiger partial charge >= 0.3 is 5.97 Å². The second-order valence-corrected chi connectivity index (χ2v) is 5.07. The summed E-state index contributed by atoms with van der Waals surface area (Å²) in [5.41, 5.74) is 4.83. The van der Waals surface area contributed by atoms with Crippen molar-refractivity contribution in [3.05, 3.63) is 0 Å². The molecule has 0 unspecified atom stereocenters. The molecule has 3 N–H and O–H groups in total. The second-order valence-electron chi connectivity index (χ2n) is 3.59. The van der Waals surface area contributed by atoms with Gasteiger partial charge in [-0.05, 0) is 18.1 Å². The van der Waals surface area contributed by atoms with E-state index in [1.807, 2.05) is 13.8 Å². The zero-order valence-corrected chi connectivity index (χ0v) is 8.23. The number of thioether (sulfide) groups is 1. The van der Waals surface area contributed by atoms with E-state index in [1.165, 1.54) is 0 Å². The summed E-state index contributed by atoms with van der Waals surface area (Å²) >= 11 is 1.80. The monoisotopic (exact) mass is 189 g/mol. The minimum absolute atomic E-state index is 0.0659. The van der Waals surface area contributed by atoms with Gasteiger partial charge in [-0.3, -0.25) is 4.79 Å². The molecule has 0 aromatic rings. The maximum Gasteiger partial charge on any atom is 0.324 e. The van der Waals surface area contributed by atoms with E-state index in [0.717, 1.165) is 5.75 Å². The second kappa shape index (κ2) is 3.26. The lowest BCUT2D eigenvalue weighted by atomic mass is 9.83. The van der Waals surface area contributed by atoms with Gasteiger partial charge in [-0.15, -0.1) is 0 Å². The van der Waals surface area contributed by atoms with Gasteiger partial charge < -0.3 is 10.8 Å². The fraction of sp³-hybridized carbons (Fsp3) is 0.875. The zero-order valence-electron chi connectivity index (χ0n) is 7.41. The Bertz CT molecular complexity index is 197. The molecular formula is C8H15NO2S. The van der Waals surface area contributed by atoms with E-state index in [-0.39, 0.29) is 5.92 Å². The number of carbonyl (C=O) groups is 1. The normalized spacial score (nSPS) is 42.6. The molecule has 0 saturated carbocycles. The molecule has 12 heavy (non-hydrogen) atoms. The standard InChI is InChI=1S/C8H15NO2S/c1-5-4-12-6(2)3-8(5,9)7(10)11/h5-6H,3-4,9H2,1-2H3,(H,10,11)/t5-,6+,8-/m0/s1. The third-order valence-electron chi connectivity index (χ3n) is 2.53. The van der Waals surface area contributed by atoms with Crippen molar-refractivity contribution in [1.29, 1.82) is 0 Å². The minimum atomic E-state index is -0.995. The van der Waals surface area contributed by atoms with Gasteiger partial charge in [0, 0.05) is 5.25 Å². The van der Waals surface area contributed by atoms with Crippen LogP contribution in [0.3, 0.4) is 0 Å². The summed E-state index contributed by atoms with van der Waals surface area (Å²) in [7, 11) is 0.